The summed E-state index contributed by atoms with van der Waals surface area (Å²) < 4.78 is 34.8. The van der Waals surface area contributed by atoms with E-state index < -0.39 is 28.3 Å². The second-order valence-corrected chi connectivity index (χ2v) is 7.39. The van der Waals surface area contributed by atoms with Gasteiger partial charge in [-0.3, -0.25) is 0 Å². The van der Waals surface area contributed by atoms with E-state index in [4.69, 9.17) is 14.4 Å². The smallest absolute Gasteiger partial charge is 0.496 e. The van der Waals surface area contributed by atoms with Gasteiger partial charge in [-0.05, 0) is 45.9 Å². The Bertz CT molecular complexity index is 625. The maximum absolute atomic E-state index is 11.6. The fourth-order valence-electron chi connectivity index (χ4n) is 1.95. The Morgan fingerprint density at radius 3 is 2.10 bits per heavy atom. The minimum atomic E-state index is -3.93. The van der Waals surface area contributed by atoms with Crippen LogP contribution in [0.4, 0.5) is 0 Å². The number of sulfonamides is 1. The molecule has 1 aliphatic heterocycles. The number of rotatable bonds is 2. The number of phenolic OH excluding ortho intramolecular Hbond substituents is 1. The Balaban J connectivity index is 2.53. The average molecular weight is 299 g/mol. The Morgan fingerprint density at radius 2 is 1.65 bits per heavy atom. The topological polar surface area (TPSA) is 98.9 Å². The molecule has 0 unspecified atom stereocenters. The van der Waals surface area contributed by atoms with Gasteiger partial charge in [0.25, 0.3) is 0 Å². The number of primary sulfonamides is 1. The van der Waals surface area contributed by atoms with Gasteiger partial charge in [0.15, 0.2) is 0 Å². The van der Waals surface area contributed by atoms with Crippen LogP contribution in [0, 0.1) is 0 Å². The molecular formula is C12H18BNO5S. The van der Waals surface area contributed by atoms with Crippen molar-refractivity contribution >= 4 is 22.6 Å². The summed E-state index contributed by atoms with van der Waals surface area (Å²) in [7, 11) is -4.84. The summed E-state index contributed by atoms with van der Waals surface area (Å²) in [4.78, 5) is -0.117. The highest BCUT2D eigenvalue weighted by atomic mass is 32.2. The van der Waals surface area contributed by atoms with Gasteiger partial charge in [0.1, 0.15) is 5.75 Å². The lowest BCUT2D eigenvalue weighted by molar-refractivity contribution is 0.00578. The number of benzene rings is 1. The molecule has 1 aliphatic rings. The van der Waals surface area contributed by atoms with Crippen LogP contribution >= 0.6 is 0 Å². The van der Waals surface area contributed by atoms with Gasteiger partial charge in [-0.15, -0.1) is 0 Å². The van der Waals surface area contributed by atoms with Crippen LogP contribution in [-0.2, 0) is 19.3 Å². The van der Waals surface area contributed by atoms with Crippen LogP contribution in [0.2, 0.25) is 0 Å². The maximum Gasteiger partial charge on any atom is 0.496 e. The van der Waals surface area contributed by atoms with Crippen molar-refractivity contribution in [3.05, 3.63) is 18.2 Å². The molecule has 110 valence electrons. The molecule has 6 nitrogen and oxygen atoms in total. The van der Waals surface area contributed by atoms with Crippen molar-refractivity contribution < 1.29 is 22.8 Å². The molecule has 3 N–H and O–H groups in total. The van der Waals surface area contributed by atoms with E-state index in [0.29, 0.717) is 0 Å². The van der Waals surface area contributed by atoms with Crippen LogP contribution in [0.25, 0.3) is 0 Å². The van der Waals surface area contributed by atoms with E-state index in [1.165, 1.54) is 18.2 Å². The van der Waals surface area contributed by atoms with Crippen LogP contribution < -0.4 is 10.6 Å². The molecule has 0 spiro atoms. The summed E-state index contributed by atoms with van der Waals surface area (Å²) in [5.74, 6) is -0.0814. The number of aromatic hydroxyl groups is 1. The third-order valence-electron chi connectivity index (χ3n) is 3.81. The molecular weight excluding hydrogens is 281 g/mol. The molecule has 2 rings (SSSR count). The lowest BCUT2D eigenvalue weighted by Crippen LogP contribution is -2.41. The summed E-state index contributed by atoms with van der Waals surface area (Å²) in [6.45, 7) is 7.41. The molecule has 1 aromatic carbocycles. The van der Waals surface area contributed by atoms with E-state index in [1.54, 1.807) is 0 Å². The van der Waals surface area contributed by atoms with Gasteiger partial charge in [0, 0.05) is 5.46 Å². The normalized spacial score (nSPS) is 21.1. The van der Waals surface area contributed by atoms with Crippen LogP contribution in [0.15, 0.2) is 23.1 Å². The van der Waals surface area contributed by atoms with Gasteiger partial charge in [0.2, 0.25) is 10.0 Å². The molecule has 0 radical (unpaired) electrons. The molecule has 1 fully saturated rings. The molecule has 1 aromatic rings. The van der Waals surface area contributed by atoms with E-state index in [1.807, 2.05) is 27.7 Å². The minimum absolute atomic E-state index is 0.0814. The molecule has 8 heteroatoms. The van der Waals surface area contributed by atoms with Crippen molar-refractivity contribution in [2.45, 2.75) is 43.8 Å². The van der Waals surface area contributed by atoms with E-state index in [9.17, 15) is 13.5 Å². The Labute approximate surface area is 119 Å². The quantitative estimate of drug-likeness (QED) is 0.767. The first-order chi connectivity index (χ1) is 8.94. The summed E-state index contributed by atoms with van der Waals surface area (Å²) >= 11 is 0. The van der Waals surface area contributed by atoms with Crippen molar-refractivity contribution in [1.29, 1.82) is 0 Å². The molecule has 0 amide bonds. The van der Waals surface area contributed by atoms with Gasteiger partial charge in [-0.25, -0.2) is 13.6 Å². The summed E-state index contributed by atoms with van der Waals surface area (Å²) in [6, 6.07) is 3.79. The fourth-order valence-corrected chi connectivity index (χ4v) is 2.69. The Morgan fingerprint density at radius 1 is 1.15 bits per heavy atom. The van der Waals surface area contributed by atoms with Crippen LogP contribution in [-0.4, -0.2) is 31.8 Å². The van der Waals surface area contributed by atoms with Crippen molar-refractivity contribution in [2.75, 3.05) is 0 Å². The average Bonchev–Trinajstić information content (AvgIpc) is 2.46. The van der Waals surface area contributed by atoms with Gasteiger partial charge in [-0.2, -0.15) is 0 Å². The van der Waals surface area contributed by atoms with Crippen molar-refractivity contribution in [1.82, 2.24) is 0 Å². The lowest BCUT2D eigenvalue weighted by atomic mass is 9.79. The van der Waals surface area contributed by atoms with Gasteiger partial charge >= 0.3 is 7.12 Å². The van der Waals surface area contributed by atoms with Crippen molar-refractivity contribution in [3.8, 4) is 5.75 Å². The summed E-state index contributed by atoms with van der Waals surface area (Å²) in [5.41, 5.74) is -1.02. The summed E-state index contributed by atoms with van der Waals surface area (Å²) in [6.07, 6.45) is 0. The SMILES string of the molecule is CC1(C)OB(c2cc(O)ccc2S(N)(=O)=O)OC1(C)C. The predicted molar refractivity (Wildman–Crippen MR) is 75.2 cm³/mol. The Hall–Kier alpha value is -1.09. The minimum Gasteiger partial charge on any atom is -0.508 e. The molecule has 0 aliphatic carbocycles. The second-order valence-electron chi connectivity index (χ2n) is 5.86. The first-order valence-corrected chi connectivity index (χ1v) is 7.70. The number of nitrogens with two attached hydrogens (primary N) is 1. The van der Waals surface area contributed by atoms with Crippen molar-refractivity contribution in [3.63, 3.8) is 0 Å². The van der Waals surface area contributed by atoms with Crippen LogP contribution in [0.1, 0.15) is 27.7 Å². The van der Waals surface area contributed by atoms with E-state index in [0.717, 1.165) is 0 Å². The molecule has 0 atom stereocenters. The molecule has 0 bridgehead atoms. The molecule has 0 saturated carbocycles. The van der Waals surface area contributed by atoms with E-state index in [-0.39, 0.29) is 16.1 Å². The third-order valence-corrected chi connectivity index (χ3v) is 4.79. The van der Waals surface area contributed by atoms with E-state index in [2.05, 4.69) is 0 Å². The highest BCUT2D eigenvalue weighted by Crippen LogP contribution is 2.37. The molecule has 20 heavy (non-hydrogen) atoms. The predicted octanol–water partition coefficient (Wildman–Crippen LogP) is 0.339. The number of phenols is 1. The fraction of sp³-hybridized carbons (Fsp3) is 0.500. The maximum atomic E-state index is 11.6. The van der Waals surface area contributed by atoms with Gasteiger partial charge in [-0.1, -0.05) is 0 Å². The Kier molecular flexibility index (Phi) is 3.41. The standard InChI is InChI=1S/C12H18BNO5S/c1-11(2)12(3,4)19-13(18-11)9-7-8(15)5-6-10(9)20(14,16)17/h5-7,15H,1-4H3,(H2,14,16,17). The lowest BCUT2D eigenvalue weighted by Gasteiger charge is -2.32. The van der Waals surface area contributed by atoms with Crippen molar-refractivity contribution in [2.24, 2.45) is 5.14 Å². The van der Waals surface area contributed by atoms with Crippen LogP contribution in [0.3, 0.4) is 0 Å². The second kappa shape index (κ2) is 4.46. The number of hydrogen-bond acceptors (Lipinski definition) is 5. The van der Waals surface area contributed by atoms with Crippen LogP contribution in [0.5, 0.6) is 5.75 Å². The highest BCUT2D eigenvalue weighted by molar-refractivity contribution is 7.89. The van der Waals surface area contributed by atoms with Gasteiger partial charge in [0.05, 0.1) is 16.1 Å². The number of hydrogen-bond donors (Lipinski definition) is 2. The zero-order chi connectivity index (χ0) is 15.3. The first kappa shape index (κ1) is 15.3. The van der Waals surface area contributed by atoms with E-state index >= 15 is 0 Å². The molecule has 1 saturated heterocycles. The highest BCUT2D eigenvalue weighted by Gasteiger charge is 2.52. The molecule has 0 aromatic heterocycles. The summed E-state index contributed by atoms with van der Waals surface area (Å²) in [5, 5.41) is 14.8. The largest absolute Gasteiger partial charge is 0.508 e. The monoisotopic (exact) mass is 299 g/mol. The molecule has 1 heterocycles. The van der Waals surface area contributed by atoms with Gasteiger partial charge < -0.3 is 14.4 Å². The zero-order valence-corrected chi connectivity index (χ0v) is 12.7. The third kappa shape index (κ3) is 2.56. The zero-order valence-electron chi connectivity index (χ0n) is 11.9. The first-order valence-electron chi connectivity index (χ1n) is 6.15.